The third kappa shape index (κ3) is 5.12. The molecule has 58 heavy (non-hydrogen) atoms. The molecule has 2 nitrogen and oxygen atoms in total. The predicted molar refractivity (Wildman–Crippen MR) is 246 cm³/mol. The summed E-state index contributed by atoms with van der Waals surface area (Å²) in [5.41, 5.74) is 17.1. The molecule has 0 radical (unpaired) electrons. The van der Waals surface area contributed by atoms with Crippen LogP contribution in [0.4, 0.5) is 17.1 Å². The van der Waals surface area contributed by atoms with E-state index in [1.807, 2.05) is 0 Å². The first-order chi connectivity index (χ1) is 28.7. The van der Waals surface area contributed by atoms with Crippen LogP contribution in [-0.2, 0) is 0 Å². The van der Waals surface area contributed by atoms with E-state index in [2.05, 4.69) is 228 Å². The molecule has 1 aliphatic rings. The first-order valence-corrected chi connectivity index (χ1v) is 20.0. The Morgan fingerprint density at radius 2 is 0.810 bits per heavy atom. The van der Waals surface area contributed by atoms with Gasteiger partial charge >= 0.3 is 0 Å². The van der Waals surface area contributed by atoms with Gasteiger partial charge < -0.3 is 9.47 Å². The molecule has 0 aliphatic heterocycles. The molecule has 0 atom stereocenters. The van der Waals surface area contributed by atoms with Crippen LogP contribution in [-0.4, -0.2) is 4.57 Å². The van der Waals surface area contributed by atoms with Gasteiger partial charge in [-0.15, -0.1) is 0 Å². The van der Waals surface area contributed by atoms with Crippen molar-refractivity contribution in [1.29, 1.82) is 0 Å². The molecule has 1 heterocycles. The molecule has 11 aromatic rings. The fourth-order valence-corrected chi connectivity index (χ4v) is 9.27. The van der Waals surface area contributed by atoms with E-state index in [9.17, 15) is 0 Å². The Balaban J connectivity index is 0.964. The summed E-state index contributed by atoms with van der Waals surface area (Å²) in [6.07, 6.45) is 0. The van der Waals surface area contributed by atoms with E-state index < -0.39 is 0 Å². The van der Waals surface area contributed by atoms with Crippen LogP contribution in [0.3, 0.4) is 0 Å². The van der Waals surface area contributed by atoms with E-state index in [1.165, 1.54) is 93.5 Å². The third-order valence-corrected chi connectivity index (χ3v) is 12.0. The minimum absolute atomic E-state index is 1.12. The van der Waals surface area contributed by atoms with Crippen molar-refractivity contribution in [2.45, 2.75) is 0 Å². The summed E-state index contributed by atoms with van der Waals surface area (Å²) < 4.78 is 2.40. The average Bonchev–Trinajstić information content (AvgIpc) is 3.63. The Morgan fingerprint density at radius 3 is 1.45 bits per heavy atom. The lowest BCUT2D eigenvalue weighted by Gasteiger charge is -2.29. The lowest BCUT2D eigenvalue weighted by molar-refractivity contribution is 1.19. The monoisotopic (exact) mass is 736 g/mol. The molecular formula is C56H36N2. The number of hydrogen-bond donors (Lipinski definition) is 0. The van der Waals surface area contributed by atoms with Crippen LogP contribution in [0.5, 0.6) is 0 Å². The van der Waals surface area contributed by atoms with E-state index in [0.29, 0.717) is 0 Å². The molecule has 0 fully saturated rings. The number of aromatic nitrogens is 1. The Hall–Kier alpha value is -7.68. The molecule has 0 saturated heterocycles. The Kier molecular flexibility index (Phi) is 7.26. The van der Waals surface area contributed by atoms with Gasteiger partial charge in [0.05, 0.1) is 16.7 Å². The summed E-state index contributed by atoms with van der Waals surface area (Å²) in [6.45, 7) is 0. The Bertz CT molecular complexity index is 3330. The van der Waals surface area contributed by atoms with Crippen molar-refractivity contribution in [2.24, 2.45) is 0 Å². The van der Waals surface area contributed by atoms with Crippen molar-refractivity contribution in [3.63, 3.8) is 0 Å². The SMILES string of the molecule is c1ccc(-c2ccc(N(c3ccccc3)c3ccc4cc5c(cc4c3)-c3cc4ccc(-n6c7ccccc7c7ccccc76)cc4cc3-5)c(-c3ccccc3)c2)cc1. The largest absolute Gasteiger partial charge is 0.310 e. The van der Waals surface area contributed by atoms with Gasteiger partial charge in [-0.05, 0) is 145 Å². The molecule has 1 aromatic heterocycles. The maximum absolute atomic E-state index is 2.41. The van der Waals surface area contributed by atoms with Crippen LogP contribution in [0.2, 0.25) is 0 Å². The highest BCUT2D eigenvalue weighted by atomic mass is 15.1. The lowest BCUT2D eigenvalue weighted by Crippen LogP contribution is -2.11. The topological polar surface area (TPSA) is 8.17 Å². The summed E-state index contributed by atoms with van der Waals surface area (Å²) in [4.78, 5) is 2.41. The molecule has 12 rings (SSSR count). The van der Waals surface area contributed by atoms with Gasteiger partial charge in [-0.1, -0.05) is 133 Å². The van der Waals surface area contributed by atoms with Crippen molar-refractivity contribution >= 4 is 60.4 Å². The van der Waals surface area contributed by atoms with Gasteiger partial charge in [-0.3, -0.25) is 0 Å². The fraction of sp³-hybridized carbons (Fsp3) is 0. The number of rotatable bonds is 6. The van der Waals surface area contributed by atoms with Gasteiger partial charge in [0.2, 0.25) is 0 Å². The van der Waals surface area contributed by atoms with Crippen LogP contribution in [0.1, 0.15) is 0 Å². The van der Waals surface area contributed by atoms with E-state index in [-0.39, 0.29) is 0 Å². The second kappa shape index (κ2) is 12.9. The minimum atomic E-state index is 1.12. The quantitative estimate of drug-likeness (QED) is 0.165. The molecule has 1 aliphatic carbocycles. The van der Waals surface area contributed by atoms with Gasteiger partial charge in [0.25, 0.3) is 0 Å². The van der Waals surface area contributed by atoms with E-state index in [4.69, 9.17) is 0 Å². The first-order valence-electron chi connectivity index (χ1n) is 20.0. The third-order valence-electron chi connectivity index (χ3n) is 12.0. The summed E-state index contributed by atoms with van der Waals surface area (Å²) in [6, 6.07) is 79.9. The highest BCUT2D eigenvalue weighted by Crippen LogP contribution is 2.51. The van der Waals surface area contributed by atoms with Crippen molar-refractivity contribution in [3.8, 4) is 50.2 Å². The van der Waals surface area contributed by atoms with Crippen LogP contribution < -0.4 is 4.90 Å². The van der Waals surface area contributed by atoms with Crippen LogP contribution >= 0.6 is 0 Å². The molecule has 0 spiro atoms. The van der Waals surface area contributed by atoms with Crippen molar-refractivity contribution in [2.75, 3.05) is 4.90 Å². The second-order valence-electron chi connectivity index (χ2n) is 15.4. The van der Waals surface area contributed by atoms with Gasteiger partial charge in [0.1, 0.15) is 0 Å². The standard InChI is InChI=1S/C56H36N2/c1-4-14-37(15-5-1)39-26-29-56(49(32-39)38-16-6-2-7-17-38)57(44-18-8-3-9-19-44)45-27-24-40-33-50-52(35-42(40)30-45)51-34-41-25-28-46(31-43(41)36-53(50)51)58-54-22-12-10-20-47(54)48-21-11-13-23-55(48)58/h1-36H. The molecule has 0 bridgehead atoms. The summed E-state index contributed by atoms with van der Waals surface area (Å²) in [5, 5.41) is 7.54. The van der Waals surface area contributed by atoms with Crippen molar-refractivity contribution in [1.82, 2.24) is 4.57 Å². The summed E-state index contributed by atoms with van der Waals surface area (Å²) in [5.74, 6) is 0. The lowest BCUT2D eigenvalue weighted by atomic mass is 9.78. The van der Waals surface area contributed by atoms with Crippen LogP contribution in [0.15, 0.2) is 218 Å². The number of benzene rings is 10. The zero-order valence-corrected chi connectivity index (χ0v) is 31.7. The van der Waals surface area contributed by atoms with E-state index in [1.54, 1.807) is 0 Å². The molecular weight excluding hydrogens is 701 g/mol. The molecule has 0 amide bonds. The normalized spacial score (nSPS) is 11.8. The van der Waals surface area contributed by atoms with Gasteiger partial charge in [0, 0.05) is 33.4 Å². The molecule has 10 aromatic carbocycles. The first kappa shape index (κ1) is 32.6. The number of anilines is 3. The highest BCUT2D eigenvalue weighted by molar-refractivity contribution is 6.13. The maximum Gasteiger partial charge on any atom is 0.0541 e. The van der Waals surface area contributed by atoms with Crippen molar-refractivity contribution in [3.05, 3.63) is 218 Å². The molecule has 0 unspecified atom stereocenters. The molecule has 270 valence electrons. The number of nitrogens with zero attached hydrogens (tertiary/aromatic N) is 2. The minimum Gasteiger partial charge on any atom is -0.310 e. The molecule has 2 heteroatoms. The smallest absolute Gasteiger partial charge is 0.0541 e. The number of hydrogen-bond acceptors (Lipinski definition) is 1. The summed E-state index contributed by atoms with van der Waals surface area (Å²) in [7, 11) is 0. The van der Waals surface area contributed by atoms with E-state index >= 15 is 0 Å². The van der Waals surface area contributed by atoms with Gasteiger partial charge in [-0.25, -0.2) is 0 Å². The second-order valence-corrected chi connectivity index (χ2v) is 15.4. The average molecular weight is 737 g/mol. The van der Waals surface area contributed by atoms with Crippen LogP contribution in [0.25, 0.3) is 93.5 Å². The zero-order chi connectivity index (χ0) is 38.2. The fourth-order valence-electron chi connectivity index (χ4n) is 9.27. The summed E-state index contributed by atoms with van der Waals surface area (Å²) >= 11 is 0. The van der Waals surface area contributed by atoms with Crippen molar-refractivity contribution < 1.29 is 0 Å². The predicted octanol–water partition coefficient (Wildman–Crippen LogP) is 15.5. The van der Waals surface area contributed by atoms with Gasteiger partial charge in [0.15, 0.2) is 0 Å². The maximum atomic E-state index is 2.41. The number of para-hydroxylation sites is 3. The Labute approximate surface area is 337 Å². The van der Waals surface area contributed by atoms with E-state index in [0.717, 1.165) is 17.1 Å². The molecule has 0 saturated carbocycles. The van der Waals surface area contributed by atoms with Gasteiger partial charge in [-0.2, -0.15) is 0 Å². The Morgan fingerprint density at radius 1 is 0.293 bits per heavy atom. The highest BCUT2D eigenvalue weighted by Gasteiger charge is 2.25. The number of fused-ring (bicyclic) bond motifs is 9. The molecule has 0 N–H and O–H groups in total. The van der Waals surface area contributed by atoms with Crippen LogP contribution in [0, 0.1) is 0 Å². The zero-order valence-electron chi connectivity index (χ0n) is 31.7.